The van der Waals surface area contributed by atoms with Gasteiger partial charge in [0.05, 0.1) is 6.33 Å². The number of hydrogen-bond donors (Lipinski definition) is 2. The van der Waals surface area contributed by atoms with E-state index in [4.69, 9.17) is 0 Å². The molecule has 0 atom stereocenters. The van der Waals surface area contributed by atoms with E-state index in [2.05, 4.69) is 32.3 Å². The first-order valence-corrected chi connectivity index (χ1v) is 7.88. The Labute approximate surface area is 130 Å². The van der Waals surface area contributed by atoms with Crippen LogP contribution in [0.15, 0.2) is 36.8 Å². The highest BCUT2D eigenvalue weighted by Crippen LogP contribution is 2.13. The van der Waals surface area contributed by atoms with E-state index in [1.807, 2.05) is 12.1 Å². The molecule has 1 aromatic carbocycles. The summed E-state index contributed by atoms with van der Waals surface area (Å²) in [5.41, 5.74) is 3.02. The molecule has 2 aromatic rings. The Balaban J connectivity index is 1.47. The standard InChI is InChI=1S/C17H22N4O/c22-17(19-8-7-16-11-18-13-20-16)15-5-3-14(4-6-15)12-21-9-1-2-10-21/h3-6,11,13H,1-2,7-10,12H2,(H,18,20)(H,19,22). The van der Waals surface area contributed by atoms with Gasteiger partial charge in [-0.3, -0.25) is 9.69 Å². The van der Waals surface area contributed by atoms with Crippen LogP contribution in [-0.4, -0.2) is 40.4 Å². The van der Waals surface area contributed by atoms with E-state index >= 15 is 0 Å². The molecule has 5 heteroatoms. The first kappa shape index (κ1) is 14.8. The number of aromatic nitrogens is 2. The molecule has 1 fully saturated rings. The SMILES string of the molecule is O=C(NCCc1cnc[nH]1)c1ccc(CN2CCCC2)cc1. The van der Waals surface area contributed by atoms with Crippen molar-refractivity contribution in [3.8, 4) is 0 Å². The van der Waals surface area contributed by atoms with E-state index < -0.39 is 0 Å². The van der Waals surface area contributed by atoms with Crippen molar-refractivity contribution < 1.29 is 4.79 Å². The van der Waals surface area contributed by atoms with E-state index in [1.54, 1.807) is 12.5 Å². The van der Waals surface area contributed by atoms with Crippen molar-refractivity contribution in [3.63, 3.8) is 0 Å². The fourth-order valence-corrected chi connectivity index (χ4v) is 2.79. The molecule has 1 aliphatic heterocycles. The molecule has 2 N–H and O–H groups in total. The lowest BCUT2D eigenvalue weighted by atomic mass is 10.1. The minimum Gasteiger partial charge on any atom is -0.352 e. The highest BCUT2D eigenvalue weighted by molar-refractivity contribution is 5.94. The number of imidazole rings is 1. The lowest BCUT2D eigenvalue weighted by Gasteiger charge is -2.14. The minimum absolute atomic E-state index is 0.0211. The summed E-state index contributed by atoms with van der Waals surface area (Å²) in [6.07, 6.45) is 6.79. The zero-order valence-electron chi connectivity index (χ0n) is 12.7. The zero-order chi connectivity index (χ0) is 15.2. The summed E-state index contributed by atoms with van der Waals surface area (Å²) in [5.74, 6) is -0.0211. The Hall–Kier alpha value is -2.14. The molecule has 2 heterocycles. The third-order valence-corrected chi connectivity index (χ3v) is 4.06. The van der Waals surface area contributed by atoms with Crippen molar-refractivity contribution in [2.75, 3.05) is 19.6 Å². The first-order valence-electron chi connectivity index (χ1n) is 7.88. The van der Waals surface area contributed by atoms with Crippen LogP contribution in [0.5, 0.6) is 0 Å². The van der Waals surface area contributed by atoms with E-state index in [-0.39, 0.29) is 5.91 Å². The van der Waals surface area contributed by atoms with Gasteiger partial charge in [-0.1, -0.05) is 12.1 Å². The number of H-pyrrole nitrogens is 1. The average Bonchev–Trinajstić information content (AvgIpc) is 3.21. The maximum Gasteiger partial charge on any atom is 0.251 e. The first-order chi connectivity index (χ1) is 10.8. The fraction of sp³-hybridized carbons (Fsp3) is 0.412. The lowest BCUT2D eigenvalue weighted by Crippen LogP contribution is -2.25. The number of carbonyl (C=O) groups excluding carboxylic acids is 1. The quantitative estimate of drug-likeness (QED) is 0.857. The van der Waals surface area contributed by atoms with Gasteiger partial charge in [0.25, 0.3) is 5.91 Å². The molecule has 1 amide bonds. The second-order valence-electron chi connectivity index (χ2n) is 5.76. The molecule has 22 heavy (non-hydrogen) atoms. The van der Waals surface area contributed by atoms with Crippen LogP contribution >= 0.6 is 0 Å². The average molecular weight is 298 g/mol. The molecule has 3 rings (SSSR count). The Morgan fingerprint density at radius 3 is 2.68 bits per heavy atom. The fourth-order valence-electron chi connectivity index (χ4n) is 2.79. The van der Waals surface area contributed by atoms with Gasteiger partial charge in [-0.15, -0.1) is 0 Å². The number of carbonyl (C=O) groups is 1. The Morgan fingerprint density at radius 2 is 2.00 bits per heavy atom. The number of nitrogens with zero attached hydrogens (tertiary/aromatic N) is 2. The molecule has 0 spiro atoms. The number of benzene rings is 1. The molecule has 0 aliphatic carbocycles. The van der Waals surface area contributed by atoms with Crippen LogP contribution in [0.3, 0.4) is 0 Å². The number of aromatic amines is 1. The summed E-state index contributed by atoms with van der Waals surface area (Å²) in [7, 11) is 0. The van der Waals surface area contributed by atoms with Crippen molar-refractivity contribution in [2.24, 2.45) is 0 Å². The summed E-state index contributed by atoms with van der Waals surface area (Å²) in [6, 6.07) is 7.94. The Morgan fingerprint density at radius 1 is 1.23 bits per heavy atom. The smallest absolute Gasteiger partial charge is 0.251 e. The van der Waals surface area contributed by atoms with Crippen LogP contribution in [0.25, 0.3) is 0 Å². The molecule has 0 unspecified atom stereocenters. The van der Waals surface area contributed by atoms with E-state index in [0.29, 0.717) is 6.54 Å². The van der Waals surface area contributed by atoms with Gasteiger partial charge in [-0.2, -0.15) is 0 Å². The number of likely N-dealkylation sites (tertiary alicyclic amines) is 1. The maximum absolute atomic E-state index is 12.1. The van der Waals surface area contributed by atoms with E-state index in [1.165, 1.54) is 31.5 Å². The van der Waals surface area contributed by atoms with Crippen molar-refractivity contribution >= 4 is 5.91 Å². The third-order valence-electron chi connectivity index (χ3n) is 4.06. The van der Waals surface area contributed by atoms with Crippen molar-refractivity contribution in [3.05, 3.63) is 53.6 Å². The molecular formula is C17H22N4O. The maximum atomic E-state index is 12.1. The molecule has 0 saturated carbocycles. The highest BCUT2D eigenvalue weighted by atomic mass is 16.1. The van der Waals surface area contributed by atoms with Gasteiger partial charge in [0.15, 0.2) is 0 Å². The minimum atomic E-state index is -0.0211. The predicted octanol–water partition coefficient (Wildman–Crippen LogP) is 1.98. The summed E-state index contributed by atoms with van der Waals surface area (Å²) in [5, 5.41) is 2.93. The summed E-state index contributed by atoms with van der Waals surface area (Å²) < 4.78 is 0. The summed E-state index contributed by atoms with van der Waals surface area (Å²) in [6.45, 7) is 3.98. The largest absolute Gasteiger partial charge is 0.352 e. The number of nitrogens with one attached hydrogen (secondary N) is 2. The number of hydrogen-bond acceptors (Lipinski definition) is 3. The van der Waals surface area contributed by atoms with Crippen molar-refractivity contribution in [1.29, 1.82) is 0 Å². The van der Waals surface area contributed by atoms with Gasteiger partial charge >= 0.3 is 0 Å². The molecule has 116 valence electrons. The summed E-state index contributed by atoms with van der Waals surface area (Å²) >= 11 is 0. The monoisotopic (exact) mass is 298 g/mol. The van der Waals surface area contributed by atoms with Gasteiger partial charge in [-0.05, 0) is 43.6 Å². The molecule has 1 saturated heterocycles. The highest BCUT2D eigenvalue weighted by Gasteiger charge is 2.12. The third kappa shape index (κ3) is 3.95. The second kappa shape index (κ2) is 7.22. The molecule has 0 bridgehead atoms. The van der Waals surface area contributed by atoms with Crippen LogP contribution in [0, 0.1) is 0 Å². The molecule has 0 radical (unpaired) electrons. The van der Waals surface area contributed by atoms with Gasteiger partial charge in [0.1, 0.15) is 0 Å². The van der Waals surface area contributed by atoms with Crippen LogP contribution < -0.4 is 5.32 Å². The Kier molecular flexibility index (Phi) is 4.85. The number of amides is 1. The van der Waals surface area contributed by atoms with Crippen LogP contribution in [0.1, 0.15) is 34.5 Å². The molecule has 1 aliphatic rings. The Bertz CT molecular complexity index is 586. The van der Waals surface area contributed by atoms with Gasteiger partial charge < -0.3 is 10.3 Å². The second-order valence-corrected chi connectivity index (χ2v) is 5.76. The number of rotatable bonds is 6. The van der Waals surface area contributed by atoms with E-state index in [0.717, 1.165) is 24.2 Å². The van der Waals surface area contributed by atoms with E-state index in [9.17, 15) is 4.79 Å². The van der Waals surface area contributed by atoms with Crippen LogP contribution in [0.2, 0.25) is 0 Å². The summed E-state index contributed by atoms with van der Waals surface area (Å²) in [4.78, 5) is 21.5. The van der Waals surface area contributed by atoms with Gasteiger partial charge in [-0.25, -0.2) is 4.98 Å². The molecule has 1 aromatic heterocycles. The van der Waals surface area contributed by atoms with Crippen molar-refractivity contribution in [2.45, 2.75) is 25.8 Å². The lowest BCUT2D eigenvalue weighted by molar-refractivity contribution is 0.0954. The molecule has 5 nitrogen and oxygen atoms in total. The van der Waals surface area contributed by atoms with Crippen LogP contribution in [-0.2, 0) is 13.0 Å². The predicted molar refractivity (Wildman–Crippen MR) is 85.6 cm³/mol. The molecular weight excluding hydrogens is 276 g/mol. The van der Waals surface area contributed by atoms with Gasteiger partial charge in [0, 0.05) is 37.0 Å². The van der Waals surface area contributed by atoms with Crippen LogP contribution in [0.4, 0.5) is 0 Å². The topological polar surface area (TPSA) is 61.0 Å². The van der Waals surface area contributed by atoms with Crippen molar-refractivity contribution in [1.82, 2.24) is 20.2 Å². The normalized spacial score (nSPS) is 15.1. The van der Waals surface area contributed by atoms with Gasteiger partial charge in [0.2, 0.25) is 0 Å². The zero-order valence-corrected chi connectivity index (χ0v) is 12.7.